The molecule has 0 saturated carbocycles. The summed E-state index contributed by atoms with van der Waals surface area (Å²) in [6.07, 6.45) is 46.6. The van der Waals surface area contributed by atoms with Gasteiger partial charge >= 0.3 is 11.9 Å². The van der Waals surface area contributed by atoms with Gasteiger partial charge in [-0.3, -0.25) is 9.59 Å². The molecule has 0 aromatic rings. The van der Waals surface area contributed by atoms with Gasteiger partial charge in [-0.2, -0.15) is 0 Å². The lowest BCUT2D eigenvalue weighted by Crippen LogP contribution is -2.05. The van der Waals surface area contributed by atoms with Crippen LogP contribution in [0.2, 0.25) is 0 Å². The first kappa shape index (κ1) is 42.7. The fraction of sp³-hybridized carbons (Fsp3) is 0.900. The number of carboxylic acid groups (broad SMARTS) is 1. The van der Waals surface area contributed by atoms with E-state index in [1.807, 2.05) is 0 Å². The molecule has 0 spiro atoms. The predicted molar refractivity (Wildman–Crippen MR) is 190 cm³/mol. The second kappa shape index (κ2) is 37.9. The van der Waals surface area contributed by atoms with Gasteiger partial charge in [0.2, 0.25) is 0 Å². The number of carbonyl (C=O) groups is 2. The van der Waals surface area contributed by atoms with Gasteiger partial charge in [0, 0.05) is 12.8 Å². The van der Waals surface area contributed by atoms with Gasteiger partial charge in [-0.25, -0.2) is 0 Å². The summed E-state index contributed by atoms with van der Waals surface area (Å²) in [6.45, 7) is 2.88. The van der Waals surface area contributed by atoms with Crippen molar-refractivity contribution in [1.29, 1.82) is 0 Å². The highest BCUT2D eigenvalue weighted by Gasteiger charge is 2.03. The molecule has 4 heteroatoms. The quantitative estimate of drug-likeness (QED) is 0.0426. The molecular formula is C40H76O4. The van der Waals surface area contributed by atoms with E-state index >= 15 is 0 Å². The number of carbonyl (C=O) groups excluding carboxylic acids is 1. The van der Waals surface area contributed by atoms with E-state index < -0.39 is 5.97 Å². The molecule has 260 valence electrons. The van der Waals surface area contributed by atoms with Gasteiger partial charge in [0.05, 0.1) is 6.61 Å². The third kappa shape index (κ3) is 38.7. The van der Waals surface area contributed by atoms with Crippen LogP contribution in [0.5, 0.6) is 0 Å². The lowest BCUT2D eigenvalue weighted by molar-refractivity contribution is -0.144. The van der Waals surface area contributed by atoms with Crippen molar-refractivity contribution in [2.75, 3.05) is 6.61 Å². The minimum absolute atomic E-state index is 0.00403. The molecule has 0 aliphatic rings. The monoisotopic (exact) mass is 621 g/mol. The Hall–Kier alpha value is -1.32. The summed E-state index contributed by atoms with van der Waals surface area (Å²) < 4.78 is 5.44. The first-order valence-corrected chi connectivity index (χ1v) is 19.7. The Labute approximate surface area is 275 Å². The predicted octanol–water partition coefficient (Wildman–Crippen LogP) is 13.5. The van der Waals surface area contributed by atoms with Gasteiger partial charge in [0.25, 0.3) is 0 Å². The molecule has 0 bridgehead atoms. The van der Waals surface area contributed by atoms with Crippen LogP contribution in [0.25, 0.3) is 0 Å². The minimum atomic E-state index is -0.660. The number of hydrogen-bond acceptors (Lipinski definition) is 3. The number of unbranched alkanes of at least 4 members (excludes halogenated alkanes) is 29. The van der Waals surface area contributed by atoms with Crippen LogP contribution in [0.1, 0.15) is 225 Å². The number of hydrogen-bond donors (Lipinski definition) is 1. The van der Waals surface area contributed by atoms with Crippen molar-refractivity contribution < 1.29 is 19.4 Å². The van der Waals surface area contributed by atoms with E-state index in [2.05, 4.69) is 19.1 Å². The van der Waals surface area contributed by atoms with Gasteiger partial charge in [-0.1, -0.05) is 180 Å². The highest BCUT2D eigenvalue weighted by molar-refractivity contribution is 5.69. The molecule has 44 heavy (non-hydrogen) atoms. The number of rotatable bonds is 37. The molecule has 0 aliphatic carbocycles. The molecule has 0 aromatic heterocycles. The largest absolute Gasteiger partial charge is 0.481 e. The van der Waals surface area contributed by atoms with Gasteiger partial charge in [0.15, 0.2) is 0 Å². The Bertz CT molecular complexity index is 614. The van der Waals surface area contributed by atoms with Gasteiger partial charge in [-0.15, -0.1) is 0 Å². The summed E-state index contributed by atoms with van der Waals surface area (Å²) in [6, 6.07) is 0. The Balaban J connectivity index is 3.18. The molecule has 0 amide bonds. The number of allylic oxidation sites excluding steroid dienone is 2. The highest BCUT2D eigenvalue weighted by atomic mass is 16.5. The van der Waals surface area contributed by atoms with Crippen LogP contribution >= 0.6 is 0 Å². The third-order valence-corrected chi connectivity index (χ3v) is 8.94. The smallest absolute Gasteiger partial charge is 0.305 e. The Morgan fingerprint density at radius 1 is 0.432 bits per heavy atom. The Morgan fingerprint density at radius 3 is 1.14 bits per heavy atom. The first-order valence-electron chi connectivity index (χ1n) is 19.7. The van der Waals surface area contributed by atoms with Crippen LogP contribution in [0.15, 0.2) is 12.2 Å². The molecule has 0 fully saturated rings. The van der Waals surface area contributed by atoms with Gasteiger partial charge < -0.3 is 9.84 Å². The minimum Gasteiger partial charge on any atom is -0.481 e. The van der Waals surface area contributed by atoms with Crippen LogP contribution in [-0.2, 0) is 14.3 Å². The van der Waals surface area contributed by atoms with Gasteiger partial charge in [-0.05, 0) is 44.9 Å². The van der Waals surface area contributed by atoms with Crippen LogP contribution < -0.4 is 0 Å². The summed E-state index contributed by atoms with van der Waals surface area (Å²) >= 11 is 0. The third-order valence-electron chi connectivity index (χ3n) is 8.94. The molecule has 0 rings (SSSR count). The zero-order valence-corrected chi connectivity index (χ0v) is 29.6. The van der Waals surface area contributed by atoms with E-state index in [-0.39, 0.29) is 5.97 Å². The van der Waals surface area contributed by atoms with Gasteiger partial charge in [0.1, 0.15) is 0 Å². The molecule has 0 heterocycles. The molecule has 4 nitrogen and oxygen atoms in total. The summed E-state index contributed by atoms with van der Waals surface area (Å²) in [5, 5.41) is 8.64. The normalized spacial score (nSPS) is 11.5. The standard InChI is InChI=1S/C40H76O4/c1-2-3-4-5-6-7-8-9-15-19-22-25-28-31-34-37-40(43)44-38-35-32-29-26-23-20-17-14-12-10-11-13-16-18-21-24-27-30-33-36-39(41)42/h9,15H,2-8,10-14,16-38H2,1H3,(H,41,42)/b15-9-. The van der Waals surface area contributed by atoms with Crippen LogP contribution in [0.4, 0.5) is 0 Å². The molecule has 0 saturated heterocycles. The molecule has 0 aromatic carbocycles. The maximum Gasteiger partial charge on any atom is 0.305 e. The maximum absolute atomic E-state index is 11.9. The second-order valence-corrected chi connectivity index (χ2v) is 13.4. The Kier molecular flexibility index (Phi) is 36.7. The van der Waals surface area contributed by atoms with E-state index in [9.17, 15) is 9.59 Å². The summed E-state index contributed by atoms with van der Waals surface area (Å²) in [7, 11) is 0. The molecule has 0 unspecified atom stereocenters. The lowest BCUT2D eigenvalue weighted by atomic mass is 10.0. The van der Waals surface area contributed by atoms with Crippen molar-refractivity contribution in [3.05, 3.63) is 12.2 Å². The second-order valence-electron chi connectivity index (χ2n) is 13.4. The van der Waals surface area contributed by atoms with Crippen molar-refractivity contribution in [2.24, 2.45) is 0 Å². The average Bonchev–Trinajstić information content (AvgIpc) is 3.01. The first-order chi connectivity index (χ1) is 21.7. The topological polar surface area (TPSA) is 63.6 Å². The lowest BCUT2D eigenvalue weighted by Gasteiger charge is -2.06. The van der Waals surface area contributed by atoms with Crippen molar-refractivity contribution in [1.82, 2.24) is 0 Å². The summed E-state index contributed by atoms with van der Waals surface area (Å²) in [5.74, 6) is -0.656. The molecule has 1 N–H and O–H groups in total. The van der Waals surface area contributed by atoms with Crippen molar-refractivity contribution in [3.63, 3.8) is 0 Å². The number of esters is 1. The van der Waals surface area contributed by atoms with Crippen LogP contribution in [0.3, 0.4) is 0 Å². The van der Waals surface area contributed by atoms with E-state index in [0.29, 0.717) is 19.4 Å². The Morgan fingerprint density at radius 2 is 0.750 bits per heavy atom. The van der Waals surface area contributed by atoms with E-state index in [1.165, 1.54) is 173 Å². The fourth-order valence-corrected chi connectivity index (χ4v) is 5.98. The molecule has 0 radical (unpaired) electrons. The van der Waals surface area contributed by atoms with Crippen LogP contribution in [-0.4, -0.2) is 23.7 Å². The number of ether oxygens (including phenoxy) is 1. The fourth-order valence-electron chi connectivity index (χ4n) is 5.98. The SMILES string of the molecule is CCCCCCCC/C=C\CCCCCCCC(=O)OCCCCCCCCCCCCCCCCCCCCCC(=O)O. The zero-order chi connectivity index (χ0) is 32.0. The summed E-state index contributed by atoms with van der Waals surface area (Å²) in [5.41, 5.74) is 0. The van der Waals surface area contributed by atoms with E-state index in [4.69, 9.17) is 9.84 Å². The van der Waals surface area contributed by atoms with Crippen molar-refractivity contribution in [3.8, 4) is 0 Å². The highest BCUT2D eigenvalue weighted by Crippen LogP contribution is 2.15. The zero-order valence-electron chi connectivity index (χ0n) is 29.6. The average molecular weight is 621 g/mol. The number of carboxylic acids is 1. The van der Waals surface area contributed by atoms with Crippen LogP contribution in [0, 0.1) is 0 Å². The number of aliphatic carboxylic acids is 1. The summed E-state index contributed by atoms with van der Waals surface area (Å²) in [4.78, 5) is 22.4. The molecule has 0 atom stereocenters. The van der Waals surface area contributed by atoms with Crippen molar-refractivity contribution in [2.45, 2.75) is 225 Å². The van der Waals surface area contributed by atoms with E-state index in [1.54, 1.807) is 0 Å². The maximum atomic E-state index is 11.9. The van der Waals surface area contributed by atoms with Crippen molar-refractivity contribution >= 4 is 11.9 Å². The van der Waals surface area contributed by atoms with E-state index in [0.717, 1.165) is 32.1 Å². The molecular weight excluding hydrogens is 544 g/mol. The molecule has 0 aliphatic heterocycles.